The van der Waals surface area contributed by atoms with Gasteiger partial charge in [-0.1, -0.05) is 23.2 Å². The van der Waals surface area contributed by atoms with E-state index in [0.29, 0.717) is 10.6 Å². The zero-order valence-electron chi connectivity index (χ0n) is 8.44. The van der Waals surface area contributed by atoms with E-state index in [2.05, 4.69) is 0 Å². The molecule has 0 bridgehead atoms. The summed E-state index contributed by atoms with van der Waals surface area (Å²) in [4.78, 5) is 11.2. The van der Waals surface area contributed by atoms with Crippen molar-refractivity contribution in [2.24, 2.45) is 0 Å². The second-order valence-corrected chi connectivity index (χ2v) is 4.15. The second-order valence-electron chi connectivity index (χ2n) is 3.30. The molecule has 0 unspecified atom stereocenters. The highest BCUT2D eigenvalue weighted by molar-refractivity contribution is 6.33. The Hall–Kier alpha value is -0.940. The molecule has 0 fully saturated rings. The monoisotopic (exact) mass is 285 g/mol. The molecule has 0 heterocycles. The van der Waals surface area contributed by atoms with Crippen LogP contribution in [-0.2, 0) is 11.2 Å². The molecular weight excluding hydrogens is 278 g/mol. The minimum absolute atomic E-state index is 0.241. The van der Waals surface area contributed by atoms with Gasteiger partial charge in [0.2, 0.25) is 5.91 Å². The van der Waals surface area contributed by atoms with Crippen molar-refractivity contribution < 1.29 is 18.0 Å². The quantitative estimate of drug-likeness (QED) is 0.908. The van der Waals surface area contributed by atoms with Crippen molar-refractivity contribution in [3.63, 3.8) is 0 Å². The number of amides is 1. The van der Waals surface area contributed by atoms with Crippen LogP contribution in [0.3, 0.4) is 0 Å². The van der Waals surface area contributed by atoms with Gasteiger partial charge in [-0.05, 0) is 23.8 Å². The topological polar surface area (TPSA) is 29.1 Å². The number of halogens is 5. The van der Waals surface area contributed by atoms with Crippen LogP contribution < -0.4 is 5.32 Å². The van der Waals surface area contributed by atoms with E-state index in [4.69, 9.17) is 23.2 Å². The van der Waals surface area contributed by atoms with Crippen LogP contribution in [0.1, 0.15) is 5.56 Å². The molecule has 0 saturated heterocycles. The van der Waals surface area contributed by atoms with Crippen LogP contribution in [0.4, 0.5) is 13.2 Å². The zero-order chi connectivity index (χ0) is 13.1. The minimum atomic E-state index is -4.42. The maximum Gasteiger partial charge on any atom is 0.405 e. The van der Waals surface area contributed by atoms with Crippen LogP contribution in [-0.4, -0.2) is 18.6 Å². The van der Waals surface area contributed by atoms with Crippen LogP contribution in [0.2, 0.25) is 10.0 Å². The van der Waals surface area contributed by atoms with Crippen molar-refractivity contribution in [3.8, 4) is 0 Å². The number of hydrogen-bond acceptors (Lipinski definition) is 1. The molecule has 0 aliphatic rings. The van der Waals surface area contributed by atoms with E-state index in [-0.39, 0.29) is 11.4 Å². The lowest BCUT2D eigenvalue weighted by Gasteiger charge is -2.09. The molecule has 0 radical (unpaired) electrons. The summed E-state index contributed by atoms with van der Waals surface area (Å²) >= 11 is 11.4. The first-order chi connectivity index (χ1) is 7.78. The van der Waals surface area contributed by atoms with E-state index in [0.717, 1.165) is 0 Å². The Labute approximate surface area is 106 Å². The highest BCUT2D eigenvalue weighted by atomic mass is 35.5. The first-order valence-electron chi connectivity index (χ1n) is 4.55. The molecule has 0 aliphatic heterocycles. The normalized spacial score (nSPS) is 11.4. The van der Waals surface area contributed by atoms with E-state index < -0.39 is 18.6 Å². The molecule has 1 rings (SSSR count). The molecule has 0 aromatic heterocycles. The van der Waals surface area contributed by atoms with Crippen molar-refractivity contribution in [1.82, 2.24) is 5.32 Å². The zero-order valence-corrected chi connectivity index (χ0v) is 9.96. The summed E-state index contributed by atoms with van der Waals surface area (Å²) in [7, 11) is 0. The van der Waals surface area contributed by atoms with Crippen molar-refractivity contribution in [2.75, 3.05) is 6.54 Å². The van der Waals surface area contributed by atoms with Gasteiger partial charge >= 0.3 is 6.18 Å². The molecule has 17 heavy (non-hydrogen) atoms. The van der Waals surface area contributed by atoms with Gasteiger partial charge in [0.25, 0.3) is 0 Å². The molecule has 1 aromatic carbocycles. The molecule has 94 valence electrons. The summed E-state index contributed by atoms with van der Waals surface area (Å²) in [5.41, 5.74) is 0.388. The molecule has 7 heteroatoms. The largest absolute Gasteiger partial charge is 0.405 e. The average Bonchev–Trinajstić information content (AvgIpc) is 2.20. The summed E-state index contributed by atoms with van der Waals surface area (Å²) in [6, 6.07) is 4.45. The summed E-state index contributed by atoms with van der Waals surface area (Å²) in [5.74, 6) is -0.758. The molecular formula is C10H8Cl2F3NO. The van der Waals surface area contributed by atoms with Crippen LogP contribution in [0.25, 0.3) is 0 Å². The van der Waals surface area contributed by atoms with Crippen LogP contribution in [0.5, 0.6) is 0 Å². The SMILES string of the molecule is O=C(Cc1cc(Cl)ccc1Cl)NCC(F)(F)F. The predicted octanol–water partition coefficient (Wildman–Crippen LogP) is 3.21. The molecule has 0 saturated carbocycles. The van der Waals surface area contributed by atoms with Gasteiger partial charge in [0.05, 0.1) is 6.42 Å². The van der Waals surface area contributed by atoms with E-state index in [1.807, 2.05) is 0 Å². The van der Waals surface area contributed by atoms with Crippen molar-refractivity contribution in [1.29, 1.82) is 0 Å². The fraction of sp³-hybridized carbons (Fsp3) is 0.300. The maximum absolute atomic E-state index is 11.8. The van der Waals surface area contributed by atoms with Crippen molar-refractivity contribution in [2.45, 2.75) is 12.6 Å². The average molecular weight is 286 g/mol. The fourth-order valence-electron chi connectivity index (χ4n) is 1.11. The van der Waals surface area contributed by atoms with Gasteiger partial charge in [-0.15, -0.1) is 0 Å². The Kier molecular flexibility index (Phi) is 4.65. The second kappa shape index (κ2) is 5.60. The summed E-state index contributed by atoms with van der Waals surface area (Å²) in [6.07, 6.45) is -4.66. The van der Waals surface area contributed by atoms with Gasteiger partial charge in [-0.3, -0.25) is 4.79 Å². The molecule has 0 spiro atoms. The molecule has 0 aliphatic carbocycles. The third kappa shape index (κ3) is 5.28. The lowest BCUT2D eigenvalue weighted by atomic mass is 10.1. The Morgan fingerprint density at radius 2 is 1.94 bits per heavy atom. The molecule has 1 aromatic rings. The Morgan fingerprint density at radius 3 is 2.53 bits per heavy atom. The first-order valence-corrected chi connectivity index (χ1v) is 5.31. The number of benzene rings is 1. The van der Waals surface area contributed by atoms with Gasteiger partial charge in [-0.25, -0.2) is 0 Å². The highest BCUT2D eigenvalue weighted by Gasteiger charge is 2.27. The third-order valence-corrected chi connectivity index (χ3v) is 2.45. The Bertz CT molecular complexity index is 421. The maximum atomic E-state index is 11.8. The van der Waals surface area contributed by atoms with E-state index >= 15 is 0 Å². The van der Waals surface area contributed by atoms with Gasteiger partial charge in [0, 0.05) is 10.0 Å². The smallest absolute Gasteiger partial charge is 0.347 e. The number of alkyl halides is 3. The highest BCUT2D eigenvalue weighted by Crippen LogP contribution is 2.21. The number of hydrogen-bond donors (Lipinski definition) is 1. The Balaban J connectivity index is 2.59. The summed E-state index contributed by atoms with van der Waals surface area (Å²) in [5, 5.41) is 2.41. The lowest BCUT2D eigenvalue weighted by molar-refractivity contribution is -0.138. The molecule has 2 nitrogen and oxygen atoms in total. The van der Waals surface area contributed by atoms with Crippen molar-refractivity contribution in [3.05, 3.63) is 33.8 Å². The standard InChI is InChI=1S/C10H8Cl2F3NO/c11-7-1-2-8(12)6(3-7)4-9(17)16-5-10(13,14)15/h1-3H,4-5H2,(H,16,17). The first kappa shape index (κ1) is 14.1. The van der Waals surface area contributed by atoms with Gasteiger partial charge in [0.1, 0.15) is 6.54 Å². The van der Waals surface area contributed by atoms with Crippen LogP contribution in [0.15, 0.2) is 18.2 Å². The van der Waals surface area contributed by atoms with Crippen LogP contribution >= 0.6 is 23.2 Å². The fourth-order valence-corrected chi connectivity index (χ4v) is 1.49. The van der Waals surface area contributed by atoms with E-state index in [1.165, 1.54) is 18.2 Å². The van der Waals surface area contributed by atoms with Gasteiger partial charge < -0.3 is 5.32 Å². The van der Waals surface area contributed by atoms with Crippen LogP contribution in [0, 0.1) is 0 Å². The third-order valence-electron chi connectivity index (χ3n) is 1.84. The lowest BCUT2D eigenvalue weighted by Crippen LogP contribution is -2.34. The Morgan fingerprint density at radius 1 is 1.29 bits per heavy atom. The van der Waals surface area contributed by atoms with Gasteiger partial charge in [-0.2, -0.15) is 13.2 Å². The number of nitrogens with one attached hydrogen (secondary N) is 1. The molecule has 1 N–H and O–H groups in total. The molecule has 1 amide bonds. The number of carbonyl (C=O) groups excluding carboxylic acids is 1. The summed E-state index contributed by atoms with van der Waals surface area (Å²) < 4.78 is 35.5. The number of carbonyl (C=O) groups is 1. The number of rotatable bonds is 3. The van der Waals surface area contributed by atoms with E-state index in [1.54, 1.807) is 5.32 Å². The van der Waals surface area contributed by atoms with Crippen molar-refractivity contribution >= 4 is 29.1 Å². The predicted molar refractivity (Wildman–Crippen MR) is 59.2 cm³/mol. The van der Waals surface area contributed by atoms with E-state index in [9.17, 15) is 18.0 Å². The molecule has 0 atom stereocenters. The van der Waals surface area contributed by atoms with Gasteiger partial charge in [0.15, 0.2) is 0 Å². The summed E-state index contributed by atoms with van der Waals surface area (Å²) in [6.45, 7) is -1.36. The minimum Gasteiger partial charge on any atom is -0.347 e.